The fourth-order valence-electron chi connectivity index (χ4n) is 1.71. The third kappa shape index (κ3) is 4.75. The minimum atomic E-state index is 0.686. The van der Waals surface area contributed by atoms with E-state index < -0.39 is 0 Å². The molecule has 0 saturated carbocycles. The Balaban J connectivity index is 1.72. The molecule has 20 heavy (non-hydrogen) atoms. The first-order chi connectivity index (χ1) is 9.75. The molecule has 0 aliphatic carbocycles. The lowest BCUT2D eigenvalue weighted by Gasteiger charge is -2.06. The fraction of sp³-hybridized carbons (Fsp3) is 0.222. The summed E-state index contributed by atoms with van der Waals surface area (Å²) >= 11 is 3.46. The number of aryl methyl sites for hydroxylation is 1. The van der Waals surface area contributed by atoms with Crippen molar-refractivity contribution in [2.24, 2.45) is 0 Å². The highest BCUT2D eigenvalue weighted by atomic mass is 79.9. The van der Waals surface area contributed by atoms with Crippen molar-refractivity contribution in [3.8, 4) is 17.6 Å². The third-order valence-corrected chi connectivity index (χ3v) is 3.48. The molecule has 0 aromatic heterocycles. The van der Waals surface area contributed by atoms with Crippen molar-refractivity contribution in [3.63, 3.8) is 0 Å². The van der Waals surface area contributed by atoms with Gasteiger partial charge in [-0.2, -0.15) is 0 Å². The maximum Gasteiger partial charge on any atom is 0.133 e. The van der Waals surface area contributed by atoms with Crippen LogP contribution in [0.3, 0.4) is 0 Å². The Morgan fingerprint density at radius 1 is 1.05 bits per heavy atom. The van der Waals surface area contributed by atoms with Gasteiger partial charge in [-0.05, 0) is 53.5 Å². The molecule has 0 aliphatic rings. The molecule has 2 aromatic carbocycles. The lowest BCUT2D eigenvalue weighted by Crippen LogP contribution is -1.97. The normalized spacial score (nSPS) is 9.70. The van der Waals surface area contributed by atoms with Crippen LogP contribution in [0.2, 0.25) is 0 Å². The maximum absolute atomic E-state index is 5.69. The average molecular weight is 329 g/mol. The van der Waals surface area contributed by atoms with Gasteiger partial charge in [0.2, 0.25) is 0 Å². The maximum atomic E-state index is 5.69. The second-order valence-corrected chi connectivity index (χ2v) is 5.40. The van der Waals surface area contributed by atoms with E-state index in [1.54, 1.807) is 0 Å². The molecule has 0 fully saturated rings. The largest absolute Gasteiger partial charge is 0.492 e. The van der Waals surface area contributed by atoms with Crippen molar-refractivity contribution in [2.75, 3.05) is 6.61 Å². The first-order valence-electron chi connectivity index (χ1n) is 6.68. The van der Waals surface area contributed by atoms with E-state index in [1.165, 1.54) is 5.56 Å². The third-order valence-electron chi connectivity index (χ3n) is 2.82. The number of halogens is 1. The molecule has 0 atom stereocenters. The van der Waals surface area contributed by atoms with E-state index in [9.17, 15) is 0 Å². The van der Waals surface area contributed by atoms with Crippen molar-refractivity contribution >= 4 is 15.9 Å². The zero-order valence-electron chi connectivity index (χ0n) is 11.5. The smallest absolute Gasteiger partial charge is 0.133 e. The van der Waals surface area contributed by atoms with Crippen LogP contribution in [0.5, 0.6) is 5.75 Å². The number of benzene rings is 2. The summed E-state index contributed by atoms with van der Waals surface area (Å²) in [5, 5.41) is 0. The molecular formula is C18H17BrO. The zero-order valence-corrected chi connectivity index (χ0v) is 13.1. The van der Waals surface area contributed by atoms with Crippen LogP contribution >= 0.6 is 15.9 Å². The summed E-state index contributed by atoms with van der Waals surface area (Å²) in [6.45, 7) is 2.77. The van der Waals surface area contributed by atoms with E-state index in [0.717, 1.165) is 28.6 Å². The fourth-order valence-corrected chi connectivity index (χ4v) is 2.11. The van der Waals surface area contributed by atoms with Crippen molar-refractivity contribution < 1.29 is 4.74 Å². The highest BCUT2D eigenvalue weighted by molar-refractivity contribution is 9.10. The minimum absolute atomic E-state index is 0.686. The van der Waals surface area contributed by atoms with Crippen molar-refractivity contribution in [2.45, 2.75) is 19.8 Å². The summed E-state index contributed by atoms with van der Waals surface area (Å²) in [6, 6.07) is 16.2. The Labute approximate surface area is 129 Å². The molecule has 0 heterocycles. The van der Waals surface area contributed by atoms with Gasteiger partial charge in [-0.25, -0.2) is 0 Å². The van der Waals surface area contributed by atoms with Crippen LogP contribution in [0.1, 0.15) is 24.0 Å². The summed E-state index contributed by atoms with van der Waals surface area (Å²) < 4.78 is 6.68. The first kappa shape index (κ1) is 14.7. The van der Waals surface area contributed by atoms with Gasteiger partial charge < -0.3 is 4.74 Å². The second-order valence-electron chi connectivity index (χ2n) is 4.55. The number of hydrogen-bond acceptors (Lipinski definition) is 1. The van der Waals surface area contributed by atoms with Crippen molar-refractivity contribution in [1.82, 2.24) is 0 Å². The lowest BCUT2D eigenvalue weighted by atomic mass is 10.1. The van der Waals surface area contributed by atoms with Gasteiger partial charge in [0.15, 0.2) is 0 Å². The van der Waals surface area contributed by atoms with Crippen LogP contribution in [-0.4, -0.2) is 6.61 Å². The van der Waals surface area contributed by atoms with Gasteiger partial charge in [-0.3, -0.25) is 0 Å². The van der Waals surface area contributed by atoms with Gasteiger partial charge in [0.05, 0.1) is 11.1 Å². The summed E-state index contributed by atoms with van der Waals surface area (Å²) in [4.78, 5) is 0. The summed E-state index contributed by atoms with van der Waals surface area (Å²) in [6.07, 6.45) is 1.78. The van der Waals surface area contributed by atoms with Gasteiger partial charge in [-0.1, -0.05) is 41.7 Å². The highest BCUT2D eigenvalue weighted by Crippen LogP contribution is 2.23. The van der Waals surface area contributed by atoms with Gasteiger partial charge >= 0.3 is 0 Å². The van der Waals surface area contributed by atoms with E-state index in [1.807, 2.05) is 24.3 Å². The monoisotopic (exact) mass is 328 g/mol. The average Bonchev–Trinajstić information content (AvgIpc) is 2.46. The predicted octanol–water partition coefficient (Wildman–Crippen LogP) is 4.97. The molecule has 0 bridgehead atoms. The molecule has 102 valence electrons. The van der Waals surface area contributed by atoms with E-state index in [4.69, 9.17) is 4.74 Å². The van der Waals surface area contributed by atoms with Gasteiger partial charge in [0, 0.05) is 12.0 Å². The van der Waals surface area contributed by atoms with Crippen molar-refractivity contribution in [3.05, 3.63) is 64.1 Å². The Hall–Kier alpha value is -1.72. The van der Waals surface area contributed by atoms with Crippen LogP contribution in [0, 0.1) is 18.8 Å². The molecule has 0 N–H and O–H groups in total. The predicted molar refractivity (Wildman–Crippen MR) is 86.9 cm³/mol. The summed E-state index contributed by atoms with van der Waals surface area (Å²) in [5.41, 5.74) is 2.33. The van der Waals surface area contributed by atoms with Crippen LogP contribution in [0.25, 0.3) is 0 Å². The Morgan fingerprint density at radius 2 is 1.80 bits per heavy atom. The number of unbranched alkanes of at least 4 members (excludes halogenated alkanes) is 1. The van der Waals surface area contributed by atoms with Gasteiger partial charge in [-0.15, -0.1) is 0 Å². The Bertz CT molecular complexity index is 605. The Morgan fingerprint density at radius 3 is 2.55 bits per heavy atom. The molecular weight excluding hydrogens is 312 g/mol. The van der Waals surface area contributed by atoms with Crippen LogP contribution < -0.4 is 4.74 Å². The molecule has 0 radical (unpaired) electrons. The molecule has 0 aliphatic heterocycles. The topological polar surface area (TPSA) is 9.23 Å². The SMILES string of the molecule is Cc1ccc(C#CCCCOc2ccccc2Br)cc1. The minimum Gasteiger partial charge on any atom is -0.492 e. The van der Waals surface area contributed by atoms with E-state index in [-0.39, 0.29) is 0 Å². The number of ether oxygens (including phenoxy) is 1. The van der Waals surface area contributed by atoms with E-state index in [0.29, 0.717) is 6.61 Å². The molecule has 2 heteroatoms. The molecule has 0 unspecified atom stereocenters. The molecule has 2 aromatic rings. The van der Waals surface area contributed by atoms with E-state index >= 15 is 0 Å². The highest BCUT2D eigenvalue weighted by Gasteiger charge is 1.97. The molecule has 2 rings (SSSR count). The van der Waals surface area contributed by atoms with Crippen LogP contribution in [0.4, 0.5) is 0 Å². The summed E-state index contributed by atoms with van der Waals surface area (Å²) in [7, 11) is 0. The molecule has 0 amide bonds. The molecule has 1 nitrogen and oxygen atoms in total. The Kier molecular flexibility index (Phi) is 5.70. The number of para-hydroxylation sites is 1. The second kappa shape index (κ2) is 7.77. The van der Waals surface area contributed by atoms with Gasteiger partial charge in [0.1, 0.15) is 5.75 Å². The number of hydrogen-bond donors (Lipinski definition) is 0. The van der Waals surface area contributed by atoms with E-state index in [2.05, 4.69) is 59.0 Å². The lowest BCUT2D eigenvalue weighted by molar-refractivity contribution is 0.311. The number of rotatable bonds is 4. The van der Waals surface area contributed by atoms with Crippen molar-refractivity contribution in [1.29, 1.82) is 0 Å². The summed E-state index contributed by atoms with van der Waals surface area (Å²) in [5.74, 6) is 7.24. The standard InChI is InChI=1S/C18H17BrO/c1-15-10-12-16(13-11-15)7-3-2-6-14-20-18-9-5-4-8-17(18)19/h4-5,8-13H,2,6,14H2,1H3. The molecule has 0 spiro atoms. The molecule has 0 saturated heterocycles. The van der Waals surface area contributed by atoms with Crippen LogP contribution in [-0.2, 0) is 0 Å². The van der Waals surface area contributed by atoms with Crippen LogP contribution in [0.15, 0.2) is 53.0 Å². The van der Waals surface area contributed by atoms with Gasteiger partial charge in [0.25, 0.3) is 0 Å². The quantitative estimate of drug-likeness (QED) is 0.568. The zero-order chi connectivity index (χ0) is 14.2. The first-order valence-corrected chi connectivity index (χ1v) is 7.48.